The number of benzene rings is 1. The molecule has 1 amide bonds. The van der Waals surface area contributed by atoms with Crippen molar-refractivity contribution in [3.63, 3.8) is 0 Å². The van der Waals surface area contributed by atoms with E-state index in [9.17, 15) is 18.0 Å². The van der Waals surface area contributed by atoms with E-state index in [0.29, 0.717) is 36.0 Å². The van der Waals surface area contributed by atoms with Crippen LogP contribution in [0.2, 0.25) is 0 Å². The summed E-state index contributed by atoms with van der Waals surface area (Å²) in [6.45, 7) is 8.17. The topological polar surface area (TPSA) is 83.6 Å². The van der Waals surface area contributed by atoms with Crippen molar-refractivity contribution in [2.75, 3.05) is 0 Å². The molecule has 0 spiro atoms. The zero-order valence-electron chi connectivity index (χ0n) is 16.2. The summed E-state index contributed by atoms with van der Waals surface area (Å²) in [6, 6.07) is 3.82. The molecule has 0 aliphatic heterocycles. The Morgan fingerprint density at radius 1 is 1.21 bits per heavy atom. The van der Waals surface area contributed by atoms with Gasteiger partial charge < -0.3 is 24.9 Å². The Hall–Kier alpha value is -2.42. The summed E-state index contributed by atoms with van der Waals surface area (Å²) in [4.78, 5) is 13.7. The van der Waals surface area contributed by atoms with E-state index in [0.717, 1.165) is 11.3 Å². The number of carbonyl (C=O) groups is 1. The van der Waals surface area contributed by atoms with Crippen molar-refractivity contribution in [1.82, 2.24) is 10.3 Å². The van der Waals surface area contributed by atoms with Gasteiger partial charge in [-0.2, -0.15) is 0 Å². The maximum Gasteiger partial charge on any atom is 0.573 e. The lowest BCUT2D eigenvalue weighted by molar-refractivity contribution is -0.274. The molecule has 2 aromatic rings. The summed E-state index contributed by atoms with van der Waals surface area (Å²) in [6.07, 6.45) is -4.17. The van der Waals surface area contributed by atoms with Gasteiger partial charge in [-0.15, -0.1) is 13.2 Å². The fraction of sp³-hybridized carbons (Fsp3) is 0.526. The average Bonchev–Trinajstić information content (AvgIpc) is 3.01. The fourth-order valence-electron chi connectivity index (χ4n) is 3.27. The molecule has 0 bridgehead atoms. The molecule has 1 heterocycles. The van der Waals surface area contributed by atoms with Gasteiger partial charge in [0.2, 0.25) is 0 Å². The van der Waals surface area contributed by atoms with Crippen LogP contribution >= 0.6 is 0 Å². The van der Waals surface area contributed by atoms with Gasteiger partial charge in [0.1, 0.15) is 5.75 Å². The Morgan fingerprint density at radius 2 is 1.86 bits per heavy atom. The van der Waals surface area contributed by atoms with Gasteiger partial charge in [-0.1, -0.05) is 0 Å². The molecule has 0 saturated heterocycles. The second-order valence-corrected chi connectivity index (χ2v) is 7.13. The Labute approximate surface area is 161 Å². The van der Waals surface area contributed by atoms with E-state index in [2.05, 4.69) is 15.0 Å². The van der Waals surface area contributed by atoms with Crippen LogP contribution in [0.3, 0.4) is 0 Å². The van der Waals surface area contributed by atoms with E-state index in [-0.39, 0.29) is 11.8 Å². The Bertz CT molecular complexity index is 809. The predicted molar refractivity (Wildman–Crippen MR) is 98.7 cm³/mol. The summed E-state index contributed by atoms with van der Waals surface area (Å²) in [5.74, 6) is -0.286. The van der Waals surface area contributed by atoms with Crippen LogP contribution < -0.4 is 10.1 Å². The molecule has 1 aromatic heterocycles. The fourth-order valence-corrected chi connectivity index (χ4v) is 3.27. The Kier molecular flexibility index (Phi) is 6.82. The van der Waals surface area contributed by atoms with Gasteiger partial charge in [-0.3, -0.25) is 0 Å². The van der Waals surface area contributed by atoms with Crippen LogP contribution in [0, 0.1) is 0 Å². The number of H-pyrrole nitrogens is 1. The van der Waals surface area contributed by atoms with E-state index >= 15 is 0 Å². The smallest absolute Gasteiger partial charge is 0.465 e. The highest BCUT2D eigenvalue weighted by atomic mass is 19.4. The lowest BCUT2D eigenvalue weighted by atomic mass is 10.1. The number of rotatable bonds is 4. The molecular formula is C19H25F3N2O4. The zero-order valence-corrected chi connectivity index (χ0v) is 16.2. The highest BCUT2D eigenvalue weighted by molar-refractivity contribution is 5.87. The maximum atomic E-state index is 12.2. The van der Waals surface area contributed by atoms with Crippen molar-refractivity contribution in [2.24, 2.45) is 0 Å². The van der Waals surface area contributed by atoms with Gasteiger partial charge in [0.25, 0.3) is 0 Å². The summed E-state index contributed by atoms with van der Waals surface area (Å²) < 4.78 is 45.9. The predicted octanol–water partition coefficient (Wildman–Crippen LogP) is 4.62. The quantitative estimate of drug-likeness (QED) is 0.697. The molecule has 3 rings (SSSR count). The summed E-state index contributed by atoms with van der Waals surface area (Å²) in [5.41, 5.74) is 2.38. The number of hydrogen-bond acceptors (Lipinski definition) is 3. The number of aromatic nitrogens is 1. The Morgan fingerprint density at radius 3 is 2.36 bits per heavy atom. The number of carboxylic acid groups (broad SMARTS) is 1. The number of nitrogens with one attached hydrogen (secondary N) is 2. The Balaban J connectivity index is 0.000000345. The molecular weight excluding hydrogens is 377 g/mol. The van der Waals surface area contributed by atoms with Crippen molar-refractivity contribution in [2.45, 2.75) is 65.1 Å². The third-order valence-corrected chi connectivity index (χ3v) is 3.97. The van der Waals surface area contributed by atoms with Crippen LogP contribution in [0.5, 0.6) is 5.75 Å². The van der Waals surface area contributed by atoms with E-state index < -0.39 is 12.5 Å². The minimum atomic E-state index is -4.74. The molecule has 0 fully saturated rings. The van der Waals surface area contributed by atoms with Gasteiger partial charge >= 0.3 is 12.5 Å². The van der Waals surface area contributed by atoms with Crippen LogP contribution in [-0.4, -0.2) is 40.8 Å². The van der Waals surface area contributed by atoms with E-state index in [4.69, 9.17) is 9.84 Å². The number of ether oxygens (including phenoxy) is 2. The molecule has 6 nitrogen and oxygen atoms in total. The largest absolute Gasteiger partial charge is 0.573 e. The van der Waals surface area contributed by atoms with Crippen LogP contribution in [0.4, 0.5) is 18.0 Å². The second-order valence-electron chi connectivity index (χ2n) is 7.13. The summed E-state index contributed by atoms with van der Waals surface area (Å²) in [5, 5.41) is 11.7. The van der Waals surface area contributed by atoms with E-state index in [1.165, 1.54) is 18.2 Å². The number of amides is 1. The van der Waals surface area contributed by atoms with Gasteiger partial charge in [0.15, 0.2) is 0 Å². The van der Waals surface area contributed by atoms with Crippen LogP contribution in [-0.2, 0) is 17.6 Å². The van der Waals surface area contributed by atoms with Crippen LogP contribution in [0.1, 0.15) is 39.0 Å². The normalized spacial score (nSPS) is 16.1. The lowest BCUT2D eigenvalue weighted by Crippen LogP contribution is -2.34. The molecule has 1 aliphatic rings. The van der Waals surface area contributed by atoms with Gasteiger partial charge in [-0.05, 0) is 57.9 Å². The number of fused-ring (bicyclic) bond motifs is 3. The second kappa shape index (κ2) is 8.72. The SMILES string of the molecule is CC(C)OC(C)C.O=C(O)NC1Cc2[nH]c3ccc(OC(F)(F)F)cc3c2C1. The monoisotopic (exact) mass is 402 g/mol. The summed E-state index contributed by atoms with van der Waals surface area (Å²) >= 11 is 0. The molecule has 1 aliphatic carbocycles. The van der Waals surface area contributed by atoms with Crippen molar-refractivity contribution in [3.05, 3.63) is 29.5 Å². The minimum Gasteiger partial charge on any atom is -0.465 e. The van der Waals surface area contributed by atoms with E-state index in [1.807, 2.05) is 27.7 Å². The number of halogens is 3. The molecule has 0 saturated carbocycles. The zero-order chi connectivity index (χ0) is 21.1. The first-order valence-electron chi connectivity index (χ1n) is 8.98. The molecule has 1 atom stereocenters. The van der Waals surface area contributed by atoms with Crippen LogP contribution in [0.25, 0.3) is 10.9 Å². The first-order chi connectivity index (χ1) is 12.9. The van der Waals surface area contributed by atoms with Crippen molar-refractivity contribution >= 4 is 17.0 Å². The van der Waals surface area contributed by atoms with Crippen molar-refractivity contribution in [1.29, 1.82) is 0 Å². The molecule has 1 unspecified atom stereocenters. The number of hydrogen-bond donors (Lipinski definition) is 3. The molecule has 0 radical (unpaired) electrons. The third kappa shape index (κ3) is 6.33. The first-order valence-corrected chi connectivity index (χ1v) is 8.98. The summed E-state index contributed by atoms with van der Waals surface area (Å²) in [7, 11) is 0. The molecule has 1 aromatic carbocycles. The standard InChI is InChI=1S/C13H11F3N2O3.C6H14O/c14-13(15,16)21-7-1-2-10-9(5-7)8-3-6(17-12(19)20)4-11(8)18-10;1-5(2)7-6(3)4/h1-2,5-6,17-18H,3-4H2,(H,19,20);5-6H,1-4H3. The molecule has 156 valence electrons. The van der Waals surface area contributed by atoms with Gasteiger partial charge in [0.05, 0.1) is 12.2 Å². The van der Waals surface area contributed by atoms with Crippen molar-refractivity contribution < 1.29 is 32.5 Å². The highest BCUT2D eigenvalue weighted by Gasteiger charge is 2.32. The van der Waals surface area contributed by atoms with Crippen LogP contribution in [0.15, 0.2) is 18.2 Å². The highest BCUT2D eigenvalue weighted by Crippen LogP contribution is 2.33. The first kappa shape index (κ1) is 21.9. The number of alkyl halides is 3. The maximum absolute atomic E-state index is 12.2. The molecule has 3 N–H and O–H groups in total. The lowest BCUT2D eigenvalue weighted by Gasteiger charge is -2.10. The molecule has 9 heteroatoms. The number of aromatic amines is 1. The van der Waals surface area contributed by atoms with E-state index in [1.54, 1.807) is 0 Å². The van der Waals surface area contributed by atoms with Crippen molar-refractivity contribution in [3.8, 4) is 5.75 Å². The van der Waals surface area contributed by atoms with Gasteiger partial charge in [0, 0.05) is 29.1 Å². The average molecular weight is 402 g/mol. The molecule has 28 heavy (non-hydrogen) atoms. The minimum absolute atomic E-state index is 0.264. The van der Waals surface area contributed by atoms with Gasteiger partial charge in [-0.25, -0.2) is 4.79 Å². The third-order valence-electron chi connectivity index (χ3n) is 3.97.